The second-order valence-electron chi connectivity index (χ2n) is 4.00. The van der Waals surface area contributed by atoms with Gasteiger partial charge in [0.15, 0.2) is 0 Å². The largest absolute Gasteiger partial charge is 0.478 e. The summed E-state index contributed by atoms with van der Waals surface area (Å²) in [6, 6.07) is 3.68. The van der Waals surface area contributed by atoms with Gasteiger partial charge in [-0.3, -0.25) is 14.5 Å². The summed E-state index contributed by atoms with van der Waals surface area (Å²) >= 11 is 0. The van der Waals surface area contributed by atoms with Crippen molar-refractivity contribution < 1.29 is 23.9 Å². The number of carbonyl (C=O) groups excluding carboxylic acids is 2. The van der Waals surface area contributed by atoms with Gasteiger partial charge in [0.05, 0.1) is 5.69 Å². The normalized spacial score (nSPS) is 15.5. The molecule has 0 unspecified atom stereocenters. The summed E-state index contributed by atoms with van der Waals surface area (Å²) < 4.78 is 13.5. The van der Waals surface area contributed by atoms with E-state index in [0.717, 1.165) is 23.1 Å². The van der Waals surface area contributed by atoms with Crippen molar-refractivity contribution in [1.82, 2.24) is 0 Å². The Kier molecular flexibility index (Phi) is 3.41. The smallest absolute Gasteiger partial charge is 0.328 e. The Balaban J connectivity index is 2.38. The van der Waals surface area contributed by atoms with Crippen LogP contribution in [0.25, 0.3) is 6.08 Å². The number of aliphatic carboxylic acids is 1. The number of hydrogen-bond donors (Lipinski definition) is 1. The molecule has 1 N–H and O–H groups in total. The number of carboxylic acid groups (broad SMARTS) is 1. The number of carboxylic acids is 1. The molecule has 1 heterocycles. The van der Waals surface area contributed by atoms with Gasteiger partial charge < -0.3 is 5.11 Å². The average molecular weight is 263 g/mol. The average Bonchev–Trinajstić information content (AvgIpc) is 2.68. The Morgan fingerprint density at radius 2 is 1.89 bits per heavy atom. The summed E-state index contributed by atoms with van der Waals surface area (Å²) in [7, 11) is 0. The van der Waals surface area contributed by atoms with E-state index in [1.807, 2.05) is 0 Å². The highest BCUT2D eigenvalue weighted by atomic mass is 19.1. The third kappa shape index (κ3) is 2.67. The van der Waals surface area contributed by atoms with Crippen LogP contribution in [-0.4, -0.2) is 22.9 Å². The maximum atomic E-state index is 13.5. The zero-order valence-corrected chi connectivity index (χ0v) is 9.80. The van der Waals surface area contributed by atoms with E-state index < -0.39 is 11.8 Å². The number of nitrogens with zero attached hydrogens (tertiary/aromatic N) is 1. The molecule has 1 aromatic rings. The third-order valence-corrected chi connectivity index (χ3v) is 2.69. The lowest BCUT2D eigenvalue weighted by molar-refractivity contribution is -0.131. The first-order valence-corrected chi connectivity index (χ1v) is 5.55. The summed E-state index contributed by atoms with van der Waals surface area (Å²) in [5.41, 5.74) is 0.256. The minimum Gasteiger partial charge on any atom is -0.478 e. The van der Waals surface area contributed by atoms with Crippen molar-refractivity contribution in [2.24, 2.45) is 0 Å². The van der Waals surface area contributed by atoms with Gasteiger partial charge in [0.25, 0.3) is 0 Å². The molecule has 19 heavy (non-hydrogen) atoms. The maximum absolute atomic E-state index is 13.5. The minimum absolute atomic E-state index is 0.00685. The van der Waals surface area contributed by atoms with Gasteiger partial charge in [-0.05, 0) is 24.3 Å². The Morgan fingerprint density at radius 1 is 1.26 bits per heavy atom. The van der Waals surface area contributed by atoms with Gasteiger partial charge in [-0.1, -0.05) is 0 Å². The fourth-order valence-electron chi connectivity index (χ4n) is 1.82. The molecule has 5 nitrogen and oxygen atoms in total. The Bertz CT molecular complexity index is 578. The molecule has 2 rings (SSSR count). The van der Waals surface area contributed by atoms with Crippen LogP contribution in [0.4, 0.5) is 10.1 Å². The van der Waals surface area contributed by atoms with Crippen LogP contribution in [0.15, 0.2) is 24.3 Å². The van der Waals surface area contributed by atoms with Crippen molar-refractivity contribution in [3.05, 3.63) is 35.7 Å². The molecule has 1 aromatic carbocycles. The molecule has 1 saturated heterocycles. The monoisotopic (exact) mass is 263 g/mol. The highest BCUT2D eigenvalue weighted by Gasteiger charge is 2.30. The molecular weight excluding hydrogens is 253 g/mol. The summed E-state index contributed by atoms with van der Waals surface area (Å²) in [5, 5.41) is 8.50. The lowest BCUT2D eigenvalue weighted by Crippen LogP contribution is -2.28. The molecule has 2 amide bonds. The molecule has 98 valence electrons. The van der Waals surface area contributed by atoms with Crippen LogP contribution >= 0.6 is 0 Å². The fourth-order valence-corrected chi connectivity index (χ4v) is 1.82. The van der Waals surface area contributed by atoms with Crippen LogP contribution in [-0.2, 0) is 14.4 Å². The topological polar surface area (TPSA) is 74.7 Å². The number of hydrogen-bond acceptors (Lipinski definition) is 3. The van der Waals surface area contributed by atoms with Gasteiger partial charge in [0, 0.05) is 24.5 Å². The van der Waals surface area contributed by atoms with Crippen molar-refractivity contribution in [3.8, 4) is 0 Å². The van der Waals surface area contributed by atoms with Crippen LogP contribution in [0, 0.1) is 5.82 Å². The number of rotatable bonds is 3. The molecule has 0 aromatic heterocycles. The van der Waals surface area contributed by atoms with E-state index in [1.165, 1.54) is 12.1 Å². The minimum atomic E-state index is -1.21. The third-order valence-electron chi connectivity index (χ3n) is 2.69. The molecule has 0 bridgehead atoms. The lowest BCUT2D eigenvalue weighted by atomic mass is 10.1. The SMILES string of the molecule is O=C(O)/C=C/c1cc(N2C(=O)CCC2=O)ccc1F. The number of anilines is 1. The van der Waals surface area contributed by atoms with Gasteiger partial charge in [0.2, 0.25) is 11.8 Å². The second kappa shape index (κ2) is 5.01. The number of imide groups is 1. The van der Waals surface area contributed by atoms with E-state index in [4.69, 9.17) is 5.11 Å². The van der Waals surface area contributed by atoms with E-state index in [-0.39, 0.29) is 35.9 Å². The molecule has 0 spiro atoms. The first-order valence-electron chi connectivity index (χ1n) is 5.55. The maximum Gasteiger partial charge on any atom is 0.328 e. The fraction of sp³-hybridized carbons (Fsp3) is 0.154. The molecule has 1 aliphatic rings. The molecule has 1 fully saturated rings. The summed E-state index contributed by atoms with van der Waals surface area (Å²) in [5.74, 6) is -2.52. The van der Waals surface area contributed by atoms with Gasteiger partial charge in [-0.2, -0.15) is 0 Å². The predicted molar refractivity (Wildman–Crippen MR) is 64.8 cm³/mol. The summed E-state index contributed by atoms with van der Waals surface area (Å²) in [6.07, 6.45) is 2.13. The standard InChI is InChI=1S/C13H10FNO4/c14-10-3-2-9(7-8(10)1-6-13(18)19)15-11(16)4-5-12(15)17/h1-3,6-7H,4-5H2,(H,18,19)/b6-1+. The summed E-state index contributed by atoms with van der Waals surface area (Å²) in [4.78, 5) is 34.5. The molecule has 6 heteroatoms. The number of benzene rings is 1. The first-order chi connectivity index (χ1) is 8.99. The van der Waals surface area contributed by atoms with E-state index in [2.05, 4.69) is 0 Å². The van der Waals surface area contributed by atoms with Gasteiger partial charge in [-0.15, -0.1) is 0 Å². The van der Waals surface area contributed by atoms with E-state index in [1.54, 1.807) is 0 Å². The van der Waals surface area contributed by atoms with Crippen LogP contribution in [0.2, 0.25) is 0 Å². The zero-order valence-electron chi connectivity index (χ0n) is 9.80. The Hall–Kier alpha value is -2.50. The molecular formula is C13H10FNO4. The lowest BCUT2D eigenvalue weighted by Gasteiger charge is -2.14. The number of amides is 2. The first kappa shape index (κ1) is 12.9. The van der Waals surface area contributed by atoms with Crippen molar-refractivity contribution in [3.63, 3.8) is 0 Å². The van der Waals surface area contributed by atoms with E-state index in [9.17, 15) is 18.8 Å². The van der Waals surface area contributed by atoms with Crippen LogP contribution < -0.4 is 4.90 Å². The molecule has 1 aliphatic heterocycles. The van der Waals surface area contributed by atoms with Crippen molar-refractivity contribution in [2.45, 2.75) is 12.8 Å². The highest BCUT2D eigenvalue weighted by molar-refractivity contribution is 6.19. The van der Waals surface area contributed by atoms with Crippen molar-refractivity contribution in [2.75, 3.05) is 4.90 Å². The molecule has 0 atom stereocenters. The molecule has 0 radical (unpaired) electrons. The van der Waals surface area contributed by atoms with Crippen molar-refractivity contribution >= 4 is 29.5 Å². The Labute approximate surface area is 107 Å². The second-order valence-corrected chi connectivity index (χ2v) is 4.00. The van der Waals surface area contributed by atoms with Crippen LogP contribution in [0.1, 0.15) is 18.4 Å². The highest BCUT2D eigenvalue weighted by Crippen LogP contribution is 2.25. The van der Waals surface area contributed by atoms with Crippen LogP contribution in [0.5, 0.6) is 0 Å². The van der Waals surface area contributed by atoms with Gasteiger partial charge >= 0.3 is 5.97 Å². The van der Waals surface area contributed by atoms with Gasteiger partial charge in [-0.25, -0.2) is 9.18 Å². The zero-order chi connectivity index (χ0) is 14.0. The predicted octanol–water partition coefficient (Wildman–Crippen LogP) is 1.58. The van der Waals surface area contributed by atoms with Gasteiger partial charge in [0.1, 0.15) is 5.82 Å². The van der Waals surface area contributed by atoms with E-state index in [0.29, 0.717) is 0 Å². The van der Waals surface area contributed by atoms with Crippen molar-refractivity contribution in [1.29, 1.82) is 0 Å². The van der Waals surface area contributed by atoms with Crippen LogP contribution in [0.3, 0.4) is 0 Å². The summed E-state index contributed by atoms with van der Waals surface area (Å²) in [6.45, 7) is 0. The molecule has 0 saturated carbocycles. The molecule has 0 aliphatic carbocycles. The van der Waals surface area contributed by atoms with E-state index >= 15 is 0 Å². The number of halogens is 1. The quantitative estimate of drug-likeness (QED) is 0.663. The Morgan fingerprint density at radius 3 is 2.47 bits per heavy atom. The number of carbonyl (C=O) groups is 3.